The van der Waals surface area contributed by atoms with Gasteiger partial charge in [-0.1, -0.05) is 29.4 Å². The molecule has 1 amide bonds. The van der Waals surface area contributed by atoms with Crippen molar-refractivity contribution in [2.75, 3.05) is 11.1 Å². The zero-order valence-corrected chi connectivity index (χ0v) is 16.9. The second kappa shape index (κ2) is 8.85. The summed E-state index contributed by atoms with van der Waals surface area (Å²) in [6.45, 7) is 0. The molecule has 0 aliphatic heterocycles. The van der Waals surface area contributed by atoms with Crippen molar-refractivity contribution in [2.45, 2.75) is 14.9 Å². The van der Waals surface area contributed by atoms with Crippen molar-refractivity contribution in [3.63, 3.8) is 0 Å². The number of hydrogen-bond acceptors (Lipinski definition) is 6. The third-order valence-electron chi connectivity index (χ3n) is 3.55. The molecule has 0 atom stereocenters. The Kier molecular flexibility index (Phi) is 6.46. The van der Waals surface area contributed by atoms with Gasteiger partial charge in [-0.05, 0) is 48.5 Å². The van der Waals surface area contributed by atoms with E-state index in [-0.39, 0.29) is 20.7 Å². The highest BCUT2D eigenvalue weighted by Gasteiger charge is 2.20. The maximum Gasteiger partial charge on any atom is 0.234 e. The van der Waals surface area contributed by atoms with E-state index in [9.17, 15) is 22.0 Å². The molecule has 0 aliphatic rings. The van der Waals surface area contributed by atoms with Gasteiger partial charge in [0.2, 0.25) is 15.7 Å². The van der Waals surface area contributed by atoms with Crippen LogP contribution in [0.5, 0.6) is 0 Å². The molecule has 6 nitrogen and oxygen atoms in total. The van der Waals surface area contributed by atoms with E-state index < -0.39 is 27.4 Å². The number of nitrogens with zero attached hydrogens (tertiary/aromatic N) is 2. The van der Waals surface area contributed by atoms with Gasteiger partial charge in [0, 0.05) is 5.69 Å². The van der Waals surface area contributed by atoms with Crippen LogP contribution in [0.2, 0.25) is 5.02 Å². The highest BCUT2D eigenvalue weighted by molar-refractivity contribution is 7.99. The number of sulfone groups is 1. The van der Waals surface area contributed by atoms with Gasteiger partial charge in [-0.25, -0.2) is 17.2 Å². The summed E-state index contributed by atoms with van der Waals surface area (Å²) < 4.78 is 51.3. The van der Waals surface area contributed by atoms with Crippen molar-refractivity contribution < 1.29 is 22.0 Å². The average molecular weight is 456 g/mol. The lowest BCUT2D eigenvalue weighted by molar-refractivity contribution is -0.113. The monoisotopic (exact) mass is 455 g/mol. The molecule has 0 saturated heterocycles. The molecule has 150 valence electrons. The number of halogens is 3. The maximum absolute atomic E-state index is 13.3. The second-order valence-corrected chi connectivity index (χ2v) is 8.94. The quantitative estimate of drug-likeness (QED) is 0.566. The van der Waals surface area contributed by atoms with Crippen LogP contribution in [-0.2, 0) is 14.6 Å². The molecular weight excluding hydrogens is 444 g/mol. The molecule has 0 fully saturated rings. The van der Waals surface area contributed by atoms with Crippen LogP contribution in [0.3, 0.4) is 0 Å². The minimum absolute atomic E-state index is 0.0420. The number of anilines is 1. The van der Waals surface area contributed by atoms with E-state index in [0.29, 0.717) is 10.7 Å². The first-order chi connectivity index (χ1) is 13.8. The first-order valence-electron chi connectivity index (χ1n) is 7.98. The van der Waals surface area contributed by atoms with Gasteiger partial charge in [-0.2, -0.15) is 0 Å². The van der Waals surface area contributed by atoms with Crippen molar-refractivity contribution in [1.29, 1.82) is 0 Å². The maximum atomic E-state index is 13.3. The van der Waals surface area contributed by atoms with E-state index in [2.05, 4.69) is 15.5 Å². The predicted octanol–water partition coefficient (Wildman–Crippen LogP) is 3.97. The van der Waals surface area contributed by atoms with Crippen molar-refractivity contribution >= 4 is 44.8 Å². The van der Waals surface area contributed by atoms with Gasteiger partial charge in [0.25, 0.3) is 0 Å². The molecule has 1 heterocycles. The number of amides is 1. The molecule has 0 unspecified atom stereocenters. The van der Waals surface area contributed by atoms with Crippen LogP contribution in [0.15, 0.2) is 69.5 Å². The van der Waals surface area contributed by atoms with Crippen LogP contribution in [0, 0.1) is 11.6 Å². The summed E-state index contributed by atoms with van der Waals surface area (Å²) in [4.78, 5) is 11.7. The lowest BCUT2D eigenvalue weighted by Gasteiger charge is -2.06. The largest absolute Gasteiger partial charge is 0.325 e. The highest BCUT2D eigenvalue weighted by atomic mass is 35.5. The van der Waals surface area contributed by atoms with Crippen molar-refractivity contribution in [2.24, 2.45) is 0 Å². The molecule has 3 rings (SSSR count). The fraction of sp³-hybridized carbons (Fsp3) is 0.0556. The fourth-order valence-corrected chi connectivity index (χ4v) is 4.15. The number of carbonyl (C=O) groups is 1. The first kappa shape index (κ1) is 21.2. The number of thioether (sulfide) groups is 1. The number of carbonyl (C=O) groups excluding carboxylic acids is 1. The Hall–Kier alpha value is -2.56. The summed E-state index contributed by atoms with van der Waals surface area (Å²) in [5.41, 5.74) is 0.338. The molecule has 0 aliphatic carbocycles. The van der Waals surface area contributed by atoms with Crippen LogP contribution >= 0.6 is 23.4 Å². The zero-order valence-electron chi connectivity index (χ0n) is 14.5. The highest BCUT2D eigenvalue weighted by Crippen LogP contribution is 2.22. The SMILES string of the molecule is O=C(CSc1ccc(S(=O)(=O)c2cccc(F)c2)nn1)Nc1ccc(F)c(Cl)c1. The van der Waals surface area contributed by atoms with E-state index in [0.717, 1.165) is 30.0 Å². The molecule has 1 N–H and O–H groups in total. The molecule has 1 aromatic heterocycles. The Bertz CT molecular complexity index is 1160. The van der Waals surface area contributed by atoms with Crippen molar-refractivity contribution in [3.8, 4) is 0 Å². The molecule has 2 aromatic carbocycles. The topological polar surface area (TPSA) is 89.0 Å². The van der Waals surface area contributed by atoms with Crippen LogP contribution in [0.25, 0.3) is 0 Å². The van der Waals surface area contributed by atoms with Crippen LogP contribution < -0.4 is 5.32 Å². The minimum Gasteiger partial charge on any atom is -0.325 e. The molecular formula is C18H12ClF2N3O3S2. The van der Waals surface area contributed by atoms with Gasteiger partial charge >= 0.3 is 0 Å². The average Bonchev–Trinajstić information content (AvgIpc) is 2.69. The Morgan fingerprint density at radius 2 is 1.86 bits per heavy atom. The Labute approximate surface area is 174 Å². The molecule has 29 heavy (non-hydrogen) atoms. The molecule has 0 spiro atoms. The molecule has 0 radical (unpaired) electrons. The fourth-order valence-electron chi connectivity index (χ4n) is 2.19. The Balaban J connectivity index is 1.63. The summed E-state index contributed by atoms with van der Waals surface area (Å²) in [5, 5.41) is 9.87. The standard InChI is InChI=1S/C18H12ClF2N3O3S2/c19-14-9-12(4-5-15(14)21)22-16(25)10-28-17-6-7-18(24-23-17)29(26,27)13-3-1-2-11(20)8-13/h1-9H,10H2,(H,22,25). The lowest BCUT2D eigenvalue weighted by Crippen LogP contribution is -2.14. The summed E-state index contributed by atoms with van der Waals surface area (Å²) in [7, 11) is -4.00. The predicted molar refractivity (Wildman–Crippen MR) is 105 cm³/mol. The van der Waals surface area contributed by atoms with Crippen LogP contribution in [0.1, 0.15) is 0 Å². The smallest absolute Gasteiger partial charge is 0.234 e. The number of nitrogens with one attached hydrogen (secondary N) is 1. The second-order valence-electron chi connectivity index (χ2n) is 5.64. The molecule has 0 saturated carbocycles. The van der Waals surface area contributed by atoms with Crippen molar-refractivity contribution in [3.05, 3.63) is 71.3 Å². The normalized spacial score (nSPS) is 11.3. The third kappa shape index (κ3) is 5.28. The first-order valence-corrected chi connectivity index (χ1v) is 10.8. The van der Waals surface area contributed by atoms with E-state index in [1.807, 2.05) is 0 Å². The molecule has 3 aromatic rings. The lowest BCUT2D eigenvalue weighted by atomic mass is 10.3. The summed E-state index contributed by atoms with van der Waals surface area (Å²) in [6, 6.07) is 11.0. The van der Waals surface area contributed by atoms with Crippen LogP contribution in [0.4, 0.5) is 14.5 Å². The van der Waals surface area contributed by atoms with E-state index in [4.69, 9.17) is 11.6 Å². The summed E-state index contributed by atoms with van der Waals surface area (Å²) >= 11 is 6.68. The minimum atomic E-state index is -4.00. The number of rotatable bonds is 6. The third-order valence-corrected chi connectivity index (χ3v) is 6.40. The number of aromatic nitrogens is 2. The van der Waals surface area contributed by atoms with Gasteiger partial charge in [-0.15, -0.1) is 10.2 Å². The van der Waals surface area contributed by atoms with Crippen LogP contribution in [-0.4, -0.2) is 30.3 Å². The van der Waals surface area contributed by atoms with E-state index in [1.54, 1.807) is 0 Å². The van der Waals surface area contributed by atoms with Gasteiger partial charge in [0.1, 0.15) is 16.7 Å². The molecule has 11 heteroatoms. The van der Waals surface area contributed by atoms with Gasteiger partial charge in [0.05, 0.1) is 15.7 Å². The van der Waals surface area contributed by atoms with Crippen molar-refractivity contribution in [1.82, 2.24) is 10.2 Å². The Morgan fingerprint density at radius 3 is 2.52 bits per heavy atom. The zero-order chi connectivity index (χ0) is 21.0. The van der Waals surface area contributed by atoms with E-state index >= 15 is 0 Å². The summed E-state index contributed by atoms with van der Waals surface area (Å²) in [6.07, 6.45) is 0. The van der Waals surface area contributed by atoms with Gasteiger partial charge in [-0.3, -0.25) is 4.79 Å². The Morgan fingerprint density at radius 1 is 1.07 bits per heavy atom. The van der Waals surface area contributed by atoms with Gasteiger partial charge < -0.3 is 5.32 Å². The van der Waals surface area contributed by atoms with E-state index in [1.165, 1.54) is 36.4 Å². The summed E-state index contributed by atoms with van der Waals surface area (Å²) in [5.74, 6) is -1.71. The number of benzene rings is 2. The number of hydrogen-bond donors (Lipinski definition) is 1. The van der Waals surface area contributed by atoms with Gasteiger partial charge in [0.15, 0.2) is 5.03 Å². The molecule has 0 bridgehead atoms.